The lowest BCUT2D eigenvalue weighted by Crippen LogP contribution is -2.36. The van der Waals surface area contributed by atoms with Gasteiger partial charge in [-0.25, -0.2) is 13.2 Å². The number of hydrogen-bond acceptors (Lipinski definition) is 4. The third kappa shape index (κ3) is 4.05. The van der Waals surface area contributed by atoms with Gasteiger partial charge in [-0.15, -0.1) is 0 Å². The zero-order valence-corrected chi connectivity index (χ0v) is 15.4. The van der Waals surface area contributed by atoms with Gasteiger partial charge >= 0.3 is 6.03 Å². The SMILES string of the molecule is O=C1CN(Cc2ccccc2)C(=O)N1CCS(=O)(=O)c1ccc(Cl)cc1. The van der Waals surface area contributed by atoms with Crippen molar-refractivity contribution in [1.82, 2.24) is 9.80 Å². The molecule has 1 heterocycles. The lowest BCUT2D eigenvalue weighted by atomic mass is 10.2. The number of urea groups is 1. The Hall–Kier alpha value is -2.38. The van der Waals surface area contributed by atoms with E-state index in [-0.39, 0.29) is 23.7 Å². The Bertz CT molecular complexity index is 914. The lowest BCUT2D eigenvalue weighted by molar-refractivity contribution is -0.125. The standard InChI is InChI=1S/C18H17ClN2O4S/c19-15-6-8-16(9-7-15)26(24,25)11-10-21-17(22)13-20(18(21)23)12-14-4-2-1-3-5-14/h1-9H,10-13H2. The summed E-state index contributed by atoms with van der Waals surface area (Å²) in [6.07, 6.45) is 0. The number of sulfone groups is 1. The fraction of sp³-hybridized carbons (Fsp3) is 0.222. The molecular formula is C18H17ClN2O4S. The van der Waals surface area contributed by atoms with E-state index in [4.69, 9.17) is 11.6 Å². The van der Waals surface area contributed by atoms with E-state index < -0.39 is 21.8 Å². The molecule has 0 aliphatic carbocycles. The molecule has 1 aliphatic rings. The van der Waals surface area contributed by atoms with Crippen molar-refractivity contribution >= 4 is 33.4 Å². The van der Waals surface area contributed by atoms with E-state index in [1.54, 1.807) is 0 Å². The number of imide groups is 1. The minimum absolute atomic E-state index is 0.0469. The summed E-state index contributed by atoms with van der Waals surface area (Å²) >= 11 is 5.77. The first-order valence-corrected chi connectivity index (χ1v) is 10.0. The minimum atomic E-state index is -3.61. The summed E-state index contributed by atoms with van der Waals surface area (Å²) in [5.74, 6) is -0.720. The van der Waals surface area contributed by atoms with Crippen LogP contribution in [0.2, 0.25) is 5.02 Å². The number of rotatable bonds is 6. The number of nitrogens with zero attached hydrogens (tertiary/aromatic N) is 2. The number of amides is 3. The molecule has 0 spiro atoms. The van der Waals surface area contributed by atoms with Gasteiger partial charge in [-0.2, -0.15) is 0 Å². The van der Waals surface area contributed by atoms with Crippen LogP contribution in [0.5, 0.6) is 0 Å². The summed E-state index contributed by atoms with van der Waals surface area (Å²) in [5, 5.41) is 0.436. The highest BCUT2D eigenvalue weighted by molar-refractivity contribution is 7.91. The first kappa shape index (κ1) is 18.4. The van der Waals surface area contributed by atoms with Crippen LogP contribution in [0, 0.1) is 0 Å². The van der Waals surface area contributed by atoms with Crippen LogP contribution in [0.4, 0.5) is 4.79 Å². The predicted octanol–water partition coefficient (Wildman–Crippen LogP) is 2.58. The molecule has 3 amide bonds. The van der Waals surface area contributed by atoms with Crippen molar-refractivity contribution in [3.63, 3.8) is 0 Å². The second kappa shape index (κ2) is 7.47. The molecule has 2 aromatic rings. The van der Waals surface area contributed by atoms with Crippen molar-refractivity contribution in [3.8, 4) is 0 Å². The van der Waals surface area contributed by atoms with E-state index in [1.165, 1.54) is 29.2 Å². The van der Waals surface area contributed by atoms with Crippen molar-refractivity contribution in [1.29, 1.82) is 0 Å². The van der Waals surface area contributed by atoms with Gasteiger partial charge in [0.2, 0.25) is 5.91 Å². The second-order valence-corrected chi connectivity index (χ2v) is 8.49. The van der Waals surface area contributed by atoms with Gasteiger partial charge in [-0.3, -0.25) is 9.69 Å². The average molecular weight is 393 g/mol. The number of carbonyl (C=O) groups excluding carboxylic acids is 2. The summed E-state index contributed by atoms with van der Waals surface area (Å²) in [7, 11) is -3.61. The maximum Gasteiger partial charge on any atom is 0.327 e. The van der Waals surface area contributed by atoms with Crippen LogP contribution in [0.15, 0.2) is 59.5 Å². The second-order valence-electron chi connectivity index (χ2n) is 5.94. The Morgan fingerprint density at radius 1 is 0.962 bits per heavy atom. The number of hydrogen-bond donors (Lipinski definition) is 0. The third-order valence-corrected chi connectivity index (χ3v) is 6.06. The van der Waals surface area contributed by atoms with Gasteiger partial charge in [0, 0.05) is 18.1 Å². The Balaban J connectivity index is 1.65. The smallest absolute Gasteiger partial charge is 0.311 e. The molecule has 2 aromatic carbocycles. The fourth-order valence-corrected chi connectivity index (χ4v) is 4.05. The van der Waals surface area contributed by atoms with Gasteiger partial charge in [-0.05, 0) is 29.8 Å². The van der Waals surface area contributed by atoms with Crippen molar-refractivity contribution in [2.24, 2.45) is 0 Å². The maximum atomic E-state index is 12.4. The molecule has 3 rings (SSSR count). The molecule has 0 N–H and O–H groups in total. The third-order valence-electron chi connectivity index (χ3n) is 4.10. The maximum absolute atomic E-state index is 12.4. The molecular weight excluding hydrogens is 376 g/mol. The molecule has 1 saturated heterocycles. The van der Waals surface area contributed by atoms with E-state index >= 15 is 0 Å². The highest BCUT2D eigenvalue weighted by Crippen LogP contribution is 2.18. The van der Waals surface area contributed by atoms with Crippen molar-refractivity contribution < 1.29 is 18.0 Å². The van der Waals surface area contributed by atoms with Crippen LogP contribution < -0.4 is 0 Å². The van der Waals surface area contributed by atoms with Crippen molar-refractivity contribution in [2.75, 3.05) is 18.8 Å². The lowest BCUT2D eigenvalue weighted by Gasteiger charge is -2.17. The van der Waals surface area contributed by atoms with Crippen LogP contribution in [0.25, 0.3) is 0 Å². The van der Waals surface area contributed by atoms with E-state index in [2.05, 4.69) is 0 Å². The summed E-state index contributed by atoms with van der Waals surface area (Å²) in [4.78, 5) is 27.1. The molecule has 136 valence electrons. The highest BCUT2D eigenvalue weighted by Gasteiger charge is 2.36. The molecule has 26 heavy (non-hydrogen) atoms. The van der Waals surface area contributed by atoms with Crippen LogP contribution in [0.3, 0.4) is 0 Å². The van der Waals surface area contributed by atoms with Gasteiger partial charge in [0.15, 0.2) is 9.84 Å². The molecule has 0 atom stereocenters. The van der Waals surface area contributed by atoms with Gasteiger partial charge in [0.25, 0.3) is 0 Å². The first-order chi connectivity index (χ1) is 12.4. The minimum Gasteiger partial charge on any atom is -0.311 e. The molecule has 8 heteroatoms. The van der Waals surface area contributed by atoms with Crippen LogP contribution in [0.1, 0.15) is 5.56 Å². The zero-order valence-electron chi connectivity index (χ0n) is 13.8. The quantitative estimate of drug-likeness (QED) is 0.708. The monoisotopic (exact) mass is 392 g/mol. The summed E-state index contributed by atoms with van der Waals surface area (Å²) < 4.78 is 24.8. The molecule has 0 aromatic heterocycles. The Labute approximate surface area is 156 Å². The van der Waals surface area contributed by atoms with E-state index in [9.17, 15) is 18.0 Å². The molecule has 0 saturated carbocycles. The van der Waals surface area contributed by atoms with Gasteiger partial charge in [-0.1, -0.05) is 41.9 Å². The summed E-state index contributed by atoms with van der Waals surface area (Å²) in [6, 6.07) is 14.6. The average Bonchev–Trinajstić information content (AvgIpc) is 2.88. The molecule has 1 fully saturated rings. The first-order valence-electron chi connectivity index (χ1n) is 7.98. The molecule has 0 bridgehead atoms. The van der Waals surface area contributed by atoms with E-state index in [1.807, 2.05) is 30.3 Å². The number of halogens is 1. The molecule has 6 nitrogen and oxygen atoms in total. The van der Waals surface area contributed by atoms with E-state index in [0.717, 1.165) is 10.5 Å². The van der Waals surface area contributed by atoms with Crippen LogP contribution in [-0.4, -0.2) is 49.0 Å². The Morgan fingerprint density at radius 3 is 2.27 bits per heavy atom. The van der Waals surface area contributed by atoms with Crippen molar-refractivity contribution in [2.45, 2.75) is 11.4 Å². The van der Waals surface area contributed by atoms with Crippen molar-refractivity contribution in [3.05, 3.63) is 65.2 Å². The van der Waals surface area contributed by atoms with Gasteiger partial charge < -0.3 is 4.90 Å². The number of carbonyl (C=O) groups is 2. The van der Waals surface area contributed by atoms with E-state index in [0.29, 0.717) is 11.6 Å². The number of benzene rings is 2. The fourth-order valence-electron chi connectivity index (χ4n) is 2.71. The van der Waals surface area contributed by atoms with Crippen LogP contribution in [-0.2, 0) is 21.2 Å². The normalized spacial score (nSPS) is 15.0. The van der Waals surface area contributed by atoms with Gasteiger partial charge in [0.05, 0.1) is 10.6 Å². The summed E-state index contributed by atoms with van der Waals surface area (Å²) in [5.41, 5.74) is 0.907. The zero-order chi connectivity index (χ0) is 18.7. The molecule has 0 unspecified atom stereocenters. The molecule has 1 aliphatic heterocycles. The van der Waals surface area contributed by atoms with Crippen LogP contribution >= 0.6 is 11.6 Å². The predicted molar refractivity (Wildman–Crippen MR) is 97.5 cm³/mol. The molecule has 0 radical (unpaired) electrons. The van der Waals surface area contributed by atoms with Gasteiger partial charge in [0.1, 0.15) is 6.54 Å². The Kier molecular flexibility index (Phi) is 5.29. The largest absolute Gasteiger partial charge is 0.327 e. The Morgan fingerprint density at radius 2 is 1.62 bits per heavy atom. The topological polar surface area (TPSA) is 74.8 Å². The highest BCUT2D eigenvalue weighted by atomic mass is 35.5. The summed E-state index contributed by atoms with van der Waals surface area (Å²) in [6.45, 7) is 0.0917.